The van der Waals surface area contributed by atoms with Crippen molar-refractivity contribution in [3.8, 4) is 22.9 Å². The highest BCUT2D eigenvalue weighted by molar-refractivity contribution is 5.79. The molecular weight excluding hydrogens is 246 g/mol. The largest absolute Gasteiger partial charge is 0.508 e. The van der Waals surface area contributed by atoms with E-state index in [0.29, 0.717) is 5.56 Å². The summed E-state index contributed by atoms with van der Waals surface area (Å²) < 4.78 is 0. The lowest BCUT2D eigenvalue weighted by atomic mass is 9.92. The molecule has 1 N–H and O–H groups in total. The molecule has 2 heteroatoms. The molecule has 2 nitrogen and oxygen atoms in total. The molecule has 0 fully saturated rings. The summed E-state index contributed by atoms with van der Waals surface area (Å²) in [4.78, 5) is 0. The van der Waals surface area contributed by atoms with E-state index in [9.17, 15) is 10.4 Å². The molecule has 0 aliphatic rings. The Morgan fingerprint density at radius 3 is 2.50 bits per heavy atom. The van der Waals surface area contributed by atoms with Gasteiger partial charge in [0.2, 0.25) is 0 Å². The van der Waals surface area contributed by atoms with Crippen molar-refractivity contribution >= 4 is 6.08 Å². The summed E-state index contributed by atoms with van der Waals surface area (Å²) in [7, 11) is 0. The predicted molar refractivity (Wildman–Crippen MR) is 82.3 cm³/mol. The Kier molecular flexibility index (Phi) is 4.22. The van der Waals surface area contributed by atoms with Gasteiger partial charge in [0.25, 0.3) is 0 Å². The summed E-state index contributed by atoms with van der Waals surface area (Å²) in [6.07, 6.45) is 3.70. The molecule has 0 atom stereocenters. The molecule has 0 aliphatic heterocycles. The summed E-state index contributed by atoms with van der Waals surface area (Å²) in [5.74, 6) is 0.235. The number of rotatable bonds is 4. The minimum absolute atomic E-state index is 0.235. The van der Waals surface area contributed by atoms with E-state index < -0.39 is 0 Å². The molecular formula is C18H17NO. The Labute approximate surface area is 119 Å². The maximum absolute atomic E-state index is 9.40. The van der Waals surface area contributed by atoms with E-state index >= 15 is 0 Å². The van der Waals surface area contributed by atoms with Gasteiger partial charge >= 0.3 is 0 Å². The number of phenols is 1. The van der Waals surface area contributed by atoms with Crippen LogP contribution < -0.4 is 0 Å². The number of nitrogens with zero attached hydrogens (tertiary/aromatic N) is 1. The zero-order chi connectivity index (χ0) is 14.5. The summed E-state index contributed by atoms with van der Waals surface area (Å²) in [6, 6.07) is 13.3. The third kappa shape index (κ3) is 2.73. The average Bonchev–Trinajstić information content (AvgIpc) is 2.47. The fourth-order valence-corrected chi connectivity index (χ4v) is 2.34. The van der Waals surface area contributed by atoms with E-state index in [1.54, 1.807) is 18.2 Å². The Balaban J connectivity index is 2.65. The SMILES string of the molecule is C=Cc1c(C#N)cc(CCC)cc1-c1ccc(O)cc1. The number of hydrogen-bond donors (Lipinski definition) is 1. The normalized spacial score (nSPS) is 10.0. The second-order valence-corrected chi connectivity index (χ2v) is 4.72. The number of nitriles is 1. The first kappa shape index (κ1) is 13.9. The minimum atomic E-state index is 0.235. The third-order valence-corrected chi connectivity index (χ3v) is 3.28. The Bertz CT molecular complexity index is 663. The predicted octanol–water partition coefficient (Wildman–Crippen LogP) is 4.53. The van der Waals surface area contributed by atoms with Crippen LogP contribution in [0.3, 0.4) is 0 Å². The molecule has 0 heterocycles. The highest BCUT2D eigenvalue weighted by Crippen LogP contribution is 2.30. The fourth-order valence-electron chi connectivity index (χ4n) is 2.34. The van der Waals surface area contributed by atoms with Gasteiger partial charge in [-0.1, -0.05) is 44.2 Å². The molecule has 0 saturated heterocycles. The van der Waals surface area contributed by atoms with Gasteiger partial charge in [-0.05, 0) is 46.9 Å². The number of aromatic hydroxyl groups is 1. The summed E-state index contributed by atoms with van der Waals surface area (Å²) >= 11 is 0. The van der Waals surface area contributed by atoms with Crippen LogP contribution in [0.2, 0.25) is 0 Å². The van der Waals surface area contributed by atoms with Gasteiger partial charge in [-0.2, -0.15) is 5.26 Å². The second kappa shape index (κ2) is 6.08. The van der Waals surface area contributed by atoms with Crippen molar-refractivity contribution in [2.75, 3.05) is 0 Å². The third-order valence-electron chi connectivity index (χ3n) is 3.28. The van der Waals surface area contributed by atoms with E-state index in [2.05, 4.69) is 25.6 Å². The van der Waals surface area contributed by atoms with Gasteiger partial charge in [-0.3, -0.25) is 0 Å². The molecule has 0 saturated carbocycles. The first-order chi connectivity index (χ1) is 9.69. The number of aryl methyl sites for hydroxylation is 1. The van der Waals surface area contributed by atoms with Gasteiger partial charge in [0.1, 0.15) is 5.75 Å². The van der Waals surface area contributed by atoms with Gasteiger partial charge in [-0.25, -0.2) is 0 Å². The lowest BCUT2D eigenvalue weighted by Gasteiger charge is -2.11. The molecule has 0 aromatic heterocycles. The summed E-state index contributed by atoms with van der Waals surface area (Å²) in [5.41, 5.74) is 4.61. The van der Waals surface area contributed by atoms with E-state index in [0.717, 1.165) is 35.1 Å². The lowest BCUT2D eigenvalue weighted by Crippen LogP contribution is -1.93. The number of benzene rings is 2. The van der Waals surface area contributed by atoms with Gasteiger partial charge in [0.15, 0.2) is 0 Å². The quantitative estimate of drug-likeness (QED) is 0.881. The van der Waals surface area contributed by atoms with E-state index in [1.807, 2.05) is 18.2 Å². The Morgan fingerprint density at radius 1 is 1.25 bits per heavy atom. The molecule has 0 amide bonds. The average molecular weight is 263 g/mol. The monoisotopic (exact) mass is 263 g/mol. The topological polar surface area (TPSA) is 44.0 Å². The molecule has 0 radical (unpaired) electrons. The highest BCUT2D eigenvalue weighted by Gasteiger charge is 2.10. The molecule has 2 aromatic rings. The molecule has 2 rings (SSSR count). The van der Waals surface area contributed by atoms with E-state index in [-0.39, 0.29) is 5.75 Å². The Hall–Kier alpha value is -2.53. The van der Waals surface area contributed by atoms with Gasteiger partial charge in [0, 0.05) is 0 Å². The summed E-state index contributed by atoms with van der Waals surface area (Å²) in [6.45, 7) is 5.94. The number of hydrogen-bond acceptors (Lipinski definition) is 2. The van der Waals surface area contributed by atoms with Crippen LogP contribution in [0, 0.1) is 11.3 Å². The molecule has 2 aromatic carbocycles. The van der Waals surface area contributed by atoms with Gasteiger partial charge < -0.3 is 5.11 Å². The van der Waals surface area contributed by atoms with Crippen molar-refractivity contribution in [1.82, 2.24) is 0 Å². The first-order valence-corrected chi connectivity index (χ1v) is 6.68. The van der Waals surface area contributed by atoms with Gasteiger partial charge in [0.05, 0.1) is 11.6 Å². The van der Waals surface area contributed by atoms with Crippen molar-refractivity contribution < 1.29 is 5.11 Å². The van der Waals surface area contributed by atoms with Crippen molar-refractivity contribution in [3.63, 3.8) is 0 Å². The molecule has 0 unspecified atom stereocenters. The lowest BCUT2D eigenvalue weighted by molar-refractivity contribution is 0.475. The van der Waals surface area contributed by atoms with Crippen LogP contribution in [0.1, 0.15) is 30.0 Å². The zero-order valence-electron chi connectivity index (χ0n) is 11.6. The first-order valence-electron chi connectivity index (χ1n) is 6.68. The number of phenolic OH excluding ortho intramolecular Hbond substituents is 1. The smallest absolute Gasteiger partial charge is 0.115 e. The standard InChI is InChI=1S/C18H17NO/c1-3-5-13-10-15(12-19)17(4-2)18(11-13)14-6-8-16(20)9-7-14/h4,6-11,20H,2-3,5H2,1H3. The van der Waals surface area contributed by atoms with Crippen molar-refractivity contribution in [2.45, 2.75) is 19.8 Å². The second-order valence-electron chi connectivity index (χ2n) is 4.72. The van der Waals surface area contributed by atoms with Crippen LogP contribution in [-0.4, -0.2) is 5.11 Å². The maximum Gasteiger partial charge on any atom is 0.115 e. The Morgan fingerprint density at radius 2 is 1.95 bits per heavy atom. The molecule has 0 spiro atoms. The molecule has 0 bridgehead atoms. The maximum atomic E-state index is 9.40. The van der Waals surface area contributed by atoms with Crippen molar-refractivity contribution in [2.24, 2.45) is 0 Å². The van der Waals surface area contributed by atoms with Crippen LogP contribution in [-0.2, 0) is 6.42 Å². The molecule has 20 heavy (non-hydrogen) atoms. The van der Waals surface area contributed by atoms with Crippen molar-refractivity contribution in [3.05, 3.63) is 59.7 Å². The van der Waals surface area contributed by atoms with Gasteiger partial charge in [-0.15, -0.1) is 0 Å². The van der Waals surface area contributed by atoms with E-state index in [4.69, 9.17) is 0 Å². The highest BCUT2D eigenvalue weighted by atomic mass is 16.3. The molecule has 0 aliphatic carbocycles. The summed E-state index contributed by atoms with van der Waals surface area (Å²) in [5, 5.41) is 18.7. The van der Waals surface area contributed by atoms with Crippen LogP contribution in [0.15, 0.2) is 43.0 Å². The minimum Gasteiger partial charge on any atom is -0.508 e. The van der Waals surface area contributed by atoms with Crippen LogP contribution in [0.5, 0.6) is 5.75 Å². The van der Waals surface area contributed by atoms with Crippen molar-refractivity contribution in [1.29, 1.82) is 5.26 Å². The zero-order valence-corrected chi connectivity index (χ0v) is 11.6. The molecule has 100 valence electrons. The van der Waals surface area contributed by atoms with Crippen LogP contribution in [0.4, 0.5) is 0 Å². The fraction of sp³-hybridized carbons (Fsp3) is 0.167. The van der Waals surface area contributed by atoms with Crippen LogP contribution in [0.25, 0.3) is 17.2 Å². The van der Waals surface area contributed by atoms with Crippen LogP contribution >= 0.6 is 0 Å². The van der Waals surface area contributed by atoms with E-state index in [1.165, 1.54) is 0 Å².